The molecule has 1 rings (SSSR count). The largest absolute Gasteiger partial charge is 0.469 e. The lowest BCUT2D eigenvalue weighted by Gasteiger charge is -2.30. The van der Waals surface area contributed by atoms with Crippen LogP contribution < -0.4 is 0 Å². The van der Waals surface area contributed by atoms with Gasteiger partial charge < -0.3 is 14.4 Å². The van der Waals surface area contributed by atoms with Crippen LogP contribution in [-0.4, -0.2) is 51.8 Å². The fourth-order valence-electron chi connectivity index (χ4n) is 2.08. The van der Waals surface area contributed by atoms with Gasteiger partial charge in [-0.25, -0.2) is 0 Å². The first-order valence-corrected chi connectivity index (χ1v) is 5.45. The summed E-state index contributed by atoms with van der Waals surface area (Å²) in [6.45, 7) is 2.30. The molecule has 1 unspecified atom stereocenters. The number of carbonyl (C=O) groups is 1. The van der Waals surface area contributed by atoms with Gasteiger partial charge in [-0.05, 0) is 32.9 Å². The first-order chi connectivity index (χ1) is 7.15. The molecule has 0 aromatic rings. The topological polar surface area (TPSA) is 38.8 Å². The summed E-state index contributed by atoms with van der Waals surface area (Å²) >= 11 is 0. The highest BCUT2D eigenvalue weighted by Crippen LogP contribution is 2.25. The second-order valence-corrected chi connectivity index (χ2v) is 4.34. The number of nitrogens with zero attached hydrogens (tertiary/aromatic N) is 1. The van der Waals surface area contributed by atoms with Crippen LogP contribution in [0.2, 0.25) is 0 Å². The Kier molecular flexibility index (Phi) is 5.05. The first kappa shape index (κ1) is 12.5. The van der Waals surface area contributed by atoms with Gasteiger partial charge in [0.1, 0.15) is 0 Å². The number of carbonyl (C=O) groups excluding carboxylic acids is 1. The number of ether oxygens (including phenoxy) is 2. The van der Waals surface area contributed by atoms with E-state index in [9.17, 15) is 4.79 Å². The molecule has 1 aliphatic rings. The van der Waals surface area contributed by atoms with E-state index in [1.165, 1.54) is 7.11 Å². The molecular formula is C11H21NO3. The Morgan fingerprint density at radius 2 is 2.07 bits per heavy atom. The molecule has 0 radical (unpaired) electrons. The fraction of sp³-hybridized carbons (Fsp3) is 0.909. The van der Waals surface area contributed by atoms with Crippen molar-refractivity contribution in [2.24, 2.45) is 11.8 Å². The lowest BCUT2D eigenvalue weighted by molar-refractivity contribution is -0.149. The average Bonchev–Trinajstić information content (AvgIpc) is 2.26. The van der Waals surface area contributed by atoms with E-state index in [4.69, 9.17) is 9.47 Å². The summed E-state index contributed by atoms with van der Waals surface area (Å²) in [6, 6.07) is 0. The molecule has 1 saturated heterocycles. The van der Waals surface area contributed by atoms with Crippen LogP contribution in [0.5, 0.6) is 0 Å². The molecule has 1 atom stereocenters. The zero-order valence-electron chi connectivity index (χ0n) is 9.86. The molecule has 88 valence electrons. The quantitative estimate of drug-likeness (QED) is 0.649. The molecule has 4 nitrogen and oxygen atoms in total. The number of esters is 1. The summed E-state index contributed by atoms with van der Waals surface area (Å²) in [5, 5.41) is 0. The molecule has 0 aromatic heterocycles. The van der Waals surface area contributed by atoms with Crippen molar-refractivity contribution in [3.8, 4) is 0 Å². The van der Waals surface area contributed by atoms with Gasteiger partial charge >= 0.3 is 5.97 Å². The third kappa shape index (κ3) is 3.80. The molecule has 0 aliphatic carbocycles. The van der Waals surface area contributed by atoms with Gasteiger partial charge in [0.2, 0.25) is 0 Å². The Labute approximate surface area is 91.5 Å². The highest BCUT2D eigenvalue weighted by atomic mass is 16.5. The van der Waals surface area contributed by atoms with Crippen molar-refractivity contribution in [3.05, 3.63) is 0 Å². The Bertz CT molecular complexity index is 200. The van der Waals surface area contributed by atoms with Crippen molar-refractivity contribution in [1.82, 2.24) is 4.90 Å². The Morgan fingerprint density at radius 1 is 1.47 bits per heavy atom. The summed E-state index contributed by atoms with van der Waals surface area (Å²) in [5.41, 5.74) is 0. The summed E-state index contributed by atoms with van der Waals surface area (Å²) in [5.74, 6) is 0.318. The van der Waals surface area contributed by atoms with Crippen molar-refractivity contribution < 1.29 is 14.3 Å². The maximum Gasteiger partial charge on any atom is 0.310 e. The normalized spacial score (nSPS) is 20.3. The van der Waals surface area contributed by atoms with Crippen LogP contribution in [0.3, 0.4) is 0 Å². The molecule has 0 spiro atoms. The minimum atomic E-state index is -0.0874. The molecular weight excluding hydrogens is 194 g/mol. The van der Waals surface area contributed by atoms with Gasteiger partial charge in [-0.3, -0.25) is 4.79 Å². The minimum absolute atomic E-state index is 0.00565. The van der Waals surface area contributed by atoms with Crippen molar-refractivity contribution in [2.75, 3.05) is 41.0 Å². The van der Waals surface area contributed by atoms with Crippen LogP contribution in [0.1, 0.15) is 12.8 Å². The lowest BCUT2D eigenvalue weighted by atomic mass is 9.85. The van der Waals surface area contributed by atoms with E-state index in [0.29, 0.717) is 5.92 Å². The summed E-state index contributed by atoms with van der Waals surface area (Å²) < 4.78 is 10.2. The second kappa shape index (κ2) is 6.08. The summed E-state index contributed by atoms with van der Waals surface area (Å²) in [7, 11) is 5.43. The lowest BCUT2D eigenvalue weighted by Crippen LogP contribution is -2.37. The summed E-state index contributed by atoms with van der Waals surface area (Å²) in [6.07, 6.45) is 1.93. The molecule has 1 fully saturated rings. The van der Waals surface area contributed by atoms with E-state index in [1.54, 1.807) is 0 Å². The van der Waals surface area contributed by atoms with E-state index < -0.39 is 0 Å². The van der Waals surface area contributed by atoms with Crippen molar-refractivity contribution in [2.45, 2.75) is 12.8 Å². The van der Waals surface area contributed by atoms with E-state index in [0.717, 1.165) is 32.6 Å². The van der Waals surface area contributed by atoms with Crippen LogP contribution in [0.15, 0.2) is 0 Å². The molecule has 0 amide bonds. The van der Waals surface area contributed by atoms with Gasteiger partial charge in [0.15, 0.2) is 0 Å². The molecule has 1 heterocycles. The van der Waals surface area contributed by atoms with Gasteiger partial charge in [-0.2, -0.15) is 0 Å². The maximum atomic E-state index is 11.7. The standard InChI is InChI=1S/C11H21NO3/c1-12(2)8-10(11(13)14-3)9-4-6-15-7-5-9/h9-10H,4-8H2,1-3H3. The first-order valence-electron chi connectivity index (χ1n) is 5.45. The smallest absolute Gasteiger partial charge is 0.310 e. The molecule has 0 saturated carbocycles. The molecule has 0 N–H and O–H groups in total. The predicted molar refractivity (Wildman–Crippen MR) is 57.6 cm³/mol. The Hall–Kier alpha value is -0.610. The zero-order chi connectivity index (χ0) is 11.3. The number of methoxy groups -OCH3 is 1. The maximum absolute atomic E-state index is 11.7. The fourth-order valence-corrected chi connectivity index (χ4v) is 2.08. The molecule has 4 heteroatoms. The molecule has 0 bridgehead atoms. The average molecular weight is 215 g/mol. The third-order valence-electron chi connectivity index (χ3n) is 2.90. The van der Waals surface area contributed by atoms with Crippen LogP contribution >= 0.6 is 0 Å². The van der Waals surface area contributed by atoms with Crippen molar-refractivity contribution in [1.29, 1.82) is 0 Å². The van der Waals surface area contributed by atoms with Crippen molar-refractivity contribution in [3.63, 3.8) is 0 Å². The van der Waals surface area contributed by atoms with Gasteiger partial charge in [0, 0.05) is 19.8 Å². The van der Waals surface area contributed by atoms with Crippen LogP contribution in [0.25, 0.3) is 0 Å². The van der Waals surface area contributed by atoms with Crippen molar-refractivity contribution >= 4 is 5.97 Å². The third-order valence-corrected chi connectivity index (χ3v) is 2.90. The molecule has 15 heavy (non-hydrogen) atoms. The molecule has 0 aromatic carbocycles. The van der Waals surface area contributed by atoms with Gasteiger partial charge in [-0.15, -0.1) is 0 Å². The number of rotatable bonds is 4. The Morgan fingerprint density at radius 3 is 2.53 bits per heavy atom. The van der Waals surface area contributed by atoms with Gasteiger partial charge in [0.05, 0.1) is 13.0 Å². The predicted octanol–water partition coefficient (Wildman–Crippen LogP) is 0.764. The summed E-state index contributed by atoms with van der Waals surface area (Å²) in [4.78, 5) is 13.7. The highest BCUT2D eigenvalue weighted by molar-refractivity contribution is 5.72. The monoisotopic (exact) mass is 215 g/mol. The zero-order valence-corrected chi connectivity index (χ0v) is 9.86. The number of hydrogen-bond donors (Lipinski definition) is 0. The Balaban J connectivity index is 2.57. The van der Waals surface area contributed by atoms with Crippen LogP contribution in [-0.2, 0) is 14.3 Å². The minimum Gasteiger partial charge on any atom is -0.469 e. The second-order valence-electron chi connectivity index (χ2n) is 4.34. The SMILES string of the molecule is COC(=O)C(CN(C)C)C1CCOCC1. The van der Waals surface area contributed by atoms with E-state index in [2.05, 4.69) is 0 Å². The van der Waals surface area contributed by atoms with Crippen LogP contribution in [0.4, 0.5) is 0 Å². The number of hydrogen-bond acceptors (Lipinski definition) is 4. The van der Waals surface area contributed by atoms with E-state index >= 15 is 0 Å². The van der Waals surface area contributed by atoms with Crippen LogP contribution in [0, 0.1) is 11.8 Å². The van der Waals surface area contributed by atoms with Gasteiger partial charge in [0.25, 0.3) is 0 Å². The molecule has 1 aliphatic heterocycles. The highest BCUT2D eigenvalue weighted by Gasteiger charge is 2.30. The van der Waals surface area contributed by atoms with E-state index in [-0.39, 0.29) is 11.9 Å². The van der Waals surface area contributed by atoms with Gasteiger partial charge in [-0.1, -0.05) is 0 Å². The van der Waals surface area contributed by atoms with E-state index in [1.807, 2.05) is 19.0 Å².